The molecule has 1 rings (SSSR count). The highest BCUT2D eigenvalue weighted by atomic mass is 32.2. The molecular weight excluding hydrogens is 279 g/mol. The van der Waals surface area contributed by atoms with E-state index in [1.165, 1.54) is 6.07 Å². The minimum atomic E-state index is -4.22. The van der Waals surface area contributed by atoms with Crippen LogP contribution in [0.25, 0.3) is 0 Å². The third-order valence-corrected chi connectivity index (χ3v) is 3.83. The third kappa shape index (κ3) is 5.50. The van der Waals surface area contributed by atoms with Gasteiger partial charge in [-0.05, 0) is 31.5 Å². The summed E-state index contributed by atoms with van der Waals surface area (Å²) in [6, 6.07) is 4.69. The van der Waals surface area contributed by atoms with Gasteiger partial charge in [-0.1, -0.05) is 0 Å². The van der Waals surface area contributed by atoms with Crippen molar-refractivity contribution in [1.29, 1.82) is 0 Å². The fourth-order valence-electron chi connectivity index (χ4n) is 1.48. The van der Waals surface area contributed by atoms with E-state index in [-0.39, 0.29) is 12.2 Å². The van der Waals surface area contributed by atoms with E-state index in [9.17, 15) is 17.4 Å². The van der Waals surface area contributed by atoms with E-state index >= 15 is 0 Å². The smallest absolute Gasteiger partial charge is 0.389 e. The van der Waals surface area contributed by atoms with E-state index in [4.69, 9.17) is 10.5 Å². The first-order valence-corrected chi connectivity index (χ1v) is 7.13. The van der Waals surface area contributed by atoms with Gasteiger partial charge in [0, 0.05) is 17.9 Å². The predicted octanol–water partition coefficient (Wildman–Crippen LogP) is 3.12. The van der Waals surface area contributed by atoms with Crippen LogP contribution in [0.15, 0.2) is 23.1 Å². The van der Waals surface area contributed by atoms with Crippen molar-refractivity contribution in [3.63, 3.8) is 0 Å². The fraction of sp³-hybridized carbons (Fsp3) is 0.500. The van der Waals surface area contributed by atoms with Gasteiger partial charge in [-0.2, -0.15) is 13.2 Å². The largest absolute Gasteiger partial charge is 0.494 e. The quantitative estimate of drug-likeness (QED) is 0.820. The maximum atomic E-state index is 12.0. The van der Waals surface area contributed by atoms with Crippen LogP contribution >= 0.6 is 0 Å². The van der Waals surface area contributed by atoms with Crippen LogP contribution in [0, 0.1) is 0 Å². The number of benzene rings is 1. The van der Waals surface area contributed by atoms with Crippen LogP contribution in [0.5, 0.6) is 5.75 Å². The molecule has 0 heterocycles. The Bertz CT molecular complexity index is 449. The molecule has 0 saturated carbocycles. The highest BCUT2D eigenvalue weighted by molar-refractivity contribution is 7.85. The van der Waals surface area contributed by atoms with E-state index in [2.05, 4.69) is 0 Å². The van der Waals surface area contributed by atoms with Crippen LogP contribution in [0.2, 0.25) is 0 Å². The van der Waals surface area contributed by atoms with Gasteiger partial charge in [0.25, 0.3) is 0 Å². The topological polar surface area (TPSA) is 52.3 Å². The summed E-state index contributed by atoms with van der Waals surface area (Å²) >= 11 is 0. The molecule has 0 fully saturated rings. The second kappa shape index (κ2) is 6.79. The van der Waals surface area contributed by atoms with Gasteiger partial charge in [0.05, 0.1) is 22.3 Å². The average molecular weight is 295 g/mol. The van der Waals surface area contributed by atoms with Gasteiger partial charge < -0.3 is 10.5 Å². The maximum Gasteiger partial charge on any atom is 0.389 e. The molecule has 0 amide bonds. The summed E-state index contributed by atoms with van der Waals surface area (Å²) in [4.78, 5) is 0.327. The van der Waals surface area contributed by atoms with Crippen molar-refractivity contribution in [2.75, 3.05) is 18.1 Å². The lowest BCUT2D eigenvalue weighted by atomic mass is 10.3. The van der Waals surface area contributed by atoms with E-state index in [0.717, 1.165) is 0 Å². The minimum absolute atomic E-state index is 0.0702. The van der Waals surface area contributed by atoms with Gasteiger partial charge in [-0.3, -0.25) is 4.21 Å². The molecule has 0 saturated heterocycles. The molecule has 0 spiro atoms. The zero-order valence-electron chi connectivity index (χ0n) is 10.5. The number of alkyl halides is 3. The van der Waals surface area contributed by atoms with Crippen molar-refractivity contribution in [3.8, 4) is 5.75 Å². The number of nitrogen functional groups attached to an aromatic ring is 1. The monoisotopic (exact) mass is 295 g/mol. The first-order valence-electron chi connectivity index (χ1n) is 5.81. The lowest BCUT2D eigenvalue weighted by molar-refractivity contribution is -0.134. The molecule has 0 bridgehead atoms. The standard InChI is InChI=1S/C12H16F3NO2S/c1-2-18-9-4-5-10(16)11(8-9)19(17)7-3-6-12(13,14)15/h4-5,8H,2-3,6-7,16H2,1H3. The molecule has 19 heavy (non-hydrogen) atoms. The zero-order chi connectivity index (χ0) is 14.5. The summed E-state index contributed by atoms with van der Waals surface area (Å²) in [7, 11) is -1.55. The summed E-state index contributed by atoms with van der Waals surface area (Å²) in [5, 5.41) is 0. The second-order valence-corrected chi connectivity index (χ2v) is 5.44. The van der Waals surface area contributed by atoms with Crippen LogP contribution in [0.1, 0.15) is 19.8 Å². The lowest BCUT2D eigenvalue weighted by Gasteiger charge is -2.10. The molecule has 0 aliphatic heterocycles. The van der Waals surface area contributed by atoms with Gasteiger partial charge in [-0.15, -0.1) is 0 Å². The Morgan fingerprint density at radius 3 is 2.63 bits per heavy atom. The summed E-state index contributed by atoms with van der Waals surface area (Å²) < 4.78 is 53.2. The molecule has 2 N–H and O–H groups in total. The van der Waals surface area contributed by atoms with Crippen molar-refractivity contribution in [2.24, 2.45) is 0 Å². The van der Waals surface area contributed by atoms with Gasteiger partial charge in [-0.25, -0.2) is 0 Å². The number of ether oxygens (including phenoxy) is 1. The van der Waals surface area contributed by atoms with Gasteiger partial charge in [0.15, 0.2) is 0 Å². The molecule has 1 unspecified atom stereocenters. The maximum absolute atomic E-state index is 12.0. The van der Waals surface area contributed by atoms with Crippen LogP contribution < -0.4 is 10.5 Å². The molecule has 1 aromatic carbocycles. The normalized spacial score (nSPS) is 13.3. The number of rotatable bonds is 6. The Balaban J connectivity index is 2.68. The van der Waals surface area contributed by atoms with Gasteiger partial charge >= 0.3 is 6.18 Å². The zero-order valence-corrected chi connectivity index (χ0v) is 11.3. The Morgan fingerprint density at radius 1 is 1.37 bits per heavy atom. The fourth-order valence-corrected chi connectivity index (χ4v) is 2.69. The number of nitrogens with two attached hydrogens (primary N) is 1. The Kier molecular flexibility index (Phi) is 5.65. The predicted molar refractivity (Wildman–Crippen MR) is 68.6 cm³/mol. The van der Waals surface area contributed by atoms with Crippen LogP contribution in [-0.2, 0) is 10.8 Å². The van der Waals surface area contributed by atoms with Crippen LogP contribution in [-0.4, -0.2) is 22.7 Å². The molecule has 108 valence electrons. The lowest BCUT2D eigenvalue weighted by Crippen LogP contribution is -2.10. The molecule has 3 nitrogen and oxygen atoms in total. The Morgan fingerprint density at radius 2 is 2.05 bits per heavy atom. The SMILES string of the molecule is CCOc1ccc(N)c(S(=O)CCCC(F)(F)F)c1. The molecule has 0 aliphatic rings. The summed E-state index contributed by atoms with van der Waals surface area (Å²) in [6.45, 7) is 2.25. The number of hydrogen-bond donors (Lipinski definition) is 1. The van der Waals surface area contributed by atoms with Crippen molar-refractivity contribution >= 4 is 16.5 Å². The molecule has 1 atom stereocenters. The van der Waals surface area contributed by atoms with Crippen molar-refractivity contribution in [2.45, 2.75) is 30.8 Å². The van der Waals surface area contributed by atoms with Crippen LogP contribution in [0.4, 0.5) is 18.9 Å². The summed E-state index contributed by atoms with van der Waals surface area (Å²) in [6.07, 6.45) is -5.35. The van der Waals surface area contributed by atoms with E-state index in [0.29, 0.717) is 22.9 Å². The first kappa shape index (κ1) is 15.8. The average Bonchev–Trinajstić information content (AvgIpc) is 2.30. The van der Waals surface area contributed by atoms with Crippen LogP contribution in [0.3, 0.4) is 0 Å². The summed E-state index contributed by atoms with van der Waals surface area (Å²) in [5.41, 5.74) is 5.97. The molecule has 0 aliphatic carbocycles. The van der Waals surface area contributed by atoms with Gasteiger partial charge in [0.1, 0.15) is 5.75 Å². The molecular formula is C12H16F3NO2S. The number of anilines is 1. The second-order valence-electron chi connectivity index (χ2n) is 3.90. The summed E-state index contributed by atoms with van der Waals surface area (Å²) in [5.74, 6) is 0.440. The van der Waals surface area contributed by atoms with Crippen molar-refractivity contribution in [3.05, 3.63) is 18.2 Å². The Labute approximate surface area is 112 Å². The van der Waals surface area contributed by atoms with E-state index in [1.54, 1.807) is 19.1 Å². The molecule has 0 radical (unpaired) electrons. The molecule has 0 aromatic heterocycles. The van der Waals surface area contributed by atoms with Crippen molar-refractivity contribution < 1.29 is 22.1 Å². The number of hydrogen-bond acceptors (Lipinski definition) is 3. The highest BCUT2D eigenvalue weighted by Gasteiger charge is 2.26. The first-order chi connectivity index (χ1) is 8.83. The highest BCUT2D eigenvalue weighted by Crippen LogP contribution is 2.25. The third-order valence-electron chi connectivity index (χ3n) is 2.33. The number of halogens is 3. The minimum Gasteiger partial charge on any atom is -0.494 e. The van der Waals surface area contributed by atoms with Crippen molar-refractivity contribution in [1.82, 2.24) is 0 Å². The molecule has 7 heteroatoms. The van der Waals surface area contributed by atoms with E-state index in [1.807, 2.05) is 0 Å². The molecule has 1 aromatic rings. The Hall–Kier alpha value is -1.24. The van der Waals surface area contributed by atoms with Gasteiger partial charge in [0.2, 0.25) is 0 Å². The van der Waals surface area contributed by atoms with E-state index < -0.39 is 23.4 Å².